The molecule has 1 heterocycles. The topological polar surface area (TPSA) is 35.0 Å². The lowest BCUT2D eigenvalue weighted by atomic mass is 10.1. The molecule has 0 radical (unpaired) electrons. The van der Waals surface area contributed by atoms with Gasteiger partial charge in [-0.2, -0.15) is 0 Å². The first-order valence-corrected chi connectivity index (χ1v) is 6.05. The molecule has 0 saturated heterocycles. The average molecular weight is 242 g/mol. The Morgan fingerprint density at radius 3 is 2.33 bits per heavy atom. The van der Waals surface area contributed by atoms with Crippen molar-refractivity contribution in [3.8, 4) is 11.4 Å². The van der Waals surface area contributed by atoms with Crippen molar-refractivity contribution in [1.29, 1.82) is 0 Å². The number of benzene rings is 1. The van der Waals surface area contributed by atoms with Crippen LogP contribution in [0.25, 0.3) is 11.4 Å². The second-order valence-corrected chi connectivity index (χ2v) is 4.48. The minimum absolute atomic E-state index is 0.0795. The SMILES string of the molecule is COC(C)c1cccc(-c2nc(C)cc(C)n2)c1. The Morgan fingerprint density at radius 1 is 1.06 bits per heavy atom. The van der Waals surface area contributed by atoms with Gasteiger partial charge in [0.25, 0.3) is 0 Å². The zero-order chi connectivity index (χ0) is 13.1. The standard InChI is InChI=1S/C15H18N2O/c1-10-8-11(2)17-15(16-10)14-7-5-6-13(9-14)12(3)18-4/h5-9,12H,1-4H3. The fraction of sp³-hybridized carbons (Fsp3) is 0.333. The molecule has 18 heavy (non-hydrogen) atoms. The Hall–Kier alpha value is -1.74. The van der Waals surface area contributed by atoms with Crippen molar-refractivity contribution in [3.05, 3.63) is 47.3 Å². The number of aromatic nitrogens is 2. The van der Waals surface area contributed by atoms with Gasteiger partial charge in [-0.25, -0.2) is 9.97 Å². The van der Waals surface area contributed by atoms with Gasteiger partial charge in [0.2, 0.25) is 0 Å². The van der Waals surface area contributed by atoms with Crippen molar-refractivity contribution >= 4 is 0 Å². The summed E-state index contributed by atoms with van der Waals surface area (Å²) in [5.74, 6) is 0.776. The largest absolute Gasteiger partial charge is 0.377 e. The summed E-state index contributed by atoms with van der Waals surface area (Å²) in [6.07, 6.45) is 0.0795. The number of methoxy groups -OCH3 is 1. The van der Waals surface area contributed by atoms with Crippen LogP contribution in [0.1, 0.15) is 30.0 Å². The van der Waals surface area contributed by atoms with Gasteiger partial charge in [-0.15, -0.1) is 0 Å². The highest BCUT2D eigenvalue weighted by molar-refractivity contribution is 5.56. The van der Waals surface area contributed by atoms with Gasteiger partial charge in [-0.1, -0.05) is 18.2 Å². The third kappa shape index (κ3) is 2.74. The average Bonchev–Trinajstić information content (AvgIpc) is 2.37. The smallest absolute Gasteiger partial charge is 0.159 e. The van der Waals surface area contributed by atoms with E-state index in [4.69, 9.17) is 4.74 Å². The molecule has 0 fully saturated rings. The molecule has 0 amide bonds. The first-order valence-electron chi connectivity index (χ1n) is 6.05. The number of hydrogen-bond donors (Lipinski definition) is 0. The molecule has 2 aromatic rings. The van der Waals surface area contributed by atoms with Gasteiger partial charge in [0.1, 0.15) is 0 Å². The molecule has 0 aliphatic carbocycles. The molecule has 0 aliphatic heterocycles. The third-order valence-electron chi connectivity index (χ3n) is 2.95. The molecule has 1 unspecified atom stereocenters. The maximum Gasteiger partial charge on any atom is 0.159 e. The Bertz CT molecular complexity index is 532. The van der Waals surface area contributed by atoms with Crippen LogP contribution in [0.15, 0.2) is 30.3 Å². The van der Waals surface area contributed by atoms with Crippen LogP contribution in [-0.2, 0) is 4.74 Å². The van der Waals surface area contributed by atoms with Crippen LogP contribution in [-0.4, -0.2) is 17.1 Å². The molecule has 0 saturated carbocycles. The van der Waals surface area contributed by atoms with Crippen molar-refractivity contribution in [2.45, 2.75) is 26.9 Å². The summed E-state index contributed by atoms with van der Waals surface area (Å²) in [7, 11) is 1.71. The van der Waals surface area contributed by atoms with Crippen LogP contribution in [0.4, 0.5) is 0 Å². The fourth-order valence-electron chi connectivity index (χ4n) is 1.92. The third-order valence-corrected chi connectivity index (χ3v) is 2.95. The molecule has 94 valence electrons. The van der Waals surface area contributed by atoms with E-state index in [0.717, 1.165) is 28.3 Å². The highest BCUT2D eigenvalue weighted by atomic mass is 16.5. The van der Waals surface area contributed by atoms with E-state index < -0.39 is 0 Å². The van der Waals surface area contributed by atoms with Gasteiger partial charge in [0, 0.05) is 24.1 Å². The van der Waals surface area contributed by atoms with Gasteiger partial charge in [-0.3, -0.25) is 0 Å². The van der Waals surface area contributed by atoms with Gasteiger partial charge in [-0.05, 0) is 38.5 Å². The molecule has 0 bridgehead atoms. The summed E-state index contributed by atoms with van der Waals surface area (Å²) in [4.78, 5) is 8.96. The monoisotopic (exact) mass is 242 g/mol. The molecule has 1 atom stereocenters. The van der Waals surface area contributed by atoms with Crippen molar-refractivity contribution in [2.75, 3.05) is 7.11 Å². The number of rotatable bonds is 3. The highest BCUT2D eigenvalue weighted by Gasteiger charge is 2.07. The lowest BCUT2D eigenvalue weighted by Gasteiger charge is -2.11. The van der Waals surface area contributed by atoms with Crippen LogP contribution < -0.4 is 0 Å². The van der Waals surface area contributed by atoms with E-state index >= 15 is 0 Å². The second-order valence-electron chi connectivity index (χ2n) is 4.48. The van der Waals surface area contributed by atoms with Crippen LogP contribution in [0.2, 0.25) is 0 Å². The van der Waals surface area contributed by atoms with Crippen molar-refractivity contribution in [3.63, 3.8) is 0 Å². The summed E-state index contributed by atoms with van der Waals surface area (Å²) in [5, 5.41) is 0. The van der Waals surface area contributed by atoms with E-state index in [9.17, 15) is 0 Å². The summed E-state index contributed by atoms with van der Waals surface area (Å²) < 4.78 is 5.33. The highest BCUT2D eigenvalue weighted by Crippen LogP contribution is 2.22. The minimum Gasteiger partial charge on any atom is -0.377 e. The Labute approximate surface area is 108 Å². The van der Waals surface area contributed by atoms with Gasteiger partial charge in [0.15, 0.2) is 5.82 Å². The summed E-state index contributed by atoms with van der Waals surface area (Å²) in [6, 6.07) is 10.2. The van der Waals surface area contributed by atoms with Gasteiger partial charge in [0.05, 0.1) is 6.10 Å². The first-order chi connectivity index (χ1) is 8.60. The summed E-state index contributed by atoms with van der Waals surface area (Å²) in [5.41, 5.74) is 4.14. The molecule has 1 aromatic heterocycles. The molecule has 2 rings (SSSR count). The number of aryl methyl sites for hydroxylation is 2. The molecule has 0 aliphatic rings. The quantitative estimate of drug-likeness (QED) is 0.826. The maximum absolute atomic E-state index is 5.33. The van der Waals surface area contributed by atoms with Gasteiger partial charge < -0.3 is 4.74 Å². The predicted molar refractivity (Wildman–Crippen MR) is 72.4 cm³/mol. The van der Waals surface area contributed by atoms with E-state index in [2.05, 4.69) is 22.1 Å². The lowest BCUT2D eigenvalue weighted by Crippen LogP contribution is -1.98. The van der Waals surface area contributed by atoms with Crippen LogP contribution in [0.3, 0.4) is 0 Å². The molecular weight excluding hydrogens is 224 g/mol. The zero-order valence-corrected chi connectivity index (χ0v) is 11.3. The Balaban J connectivity index is 2.44. The van der Waals surface area contributed by atoms with Crippen LogP contribution in [0, 0.1) is 13.8 Å². The molecule has 3 nitrogen and oxygen atoms in total. The van der Waals surface area contributed by atoms with Crippen molar-refractivity contribution < 1.29 is 4.74 Å². The van der Waals surface area contributed by atoms with Crippen LogP contribution >= 0.6 is 0 Å². The van der Waals surface area contributed by atoms with Gasteiger partial charge >= 0.3 is 0 Å². The fourth-order valence-corrected chi connectivity index (χ4v) is 1.92. The van der Waals surface area contributed by atoms with Crippen molar-refractivity contribution in [1.82, 2.24) is 9.97 Å². The normalized spacial score (nSPS) is 12.4. The first kappa shape index (κ1) is 12.7. The number of nitrogens with zero attached hydrogens (tertiary/aromatic N) is 2. The summed E-state index contributed by atoms with van der Waals surface area (Å²) in [6.45, 7) is 6.00. The predicted octanol–water partition coefficient (Wildman–Crippen LogP) is 3.47. The molecule has 1 aromatic carbocycles. The molecular formula is C15H18N2O. The van der Waals surface area contributed by atoms with E-state index in [1.807, 2.05) is 39.0 Å². The minimum atomic E-state index is 0.0795. The maximum atomic E-state index is 5.33. The van der Waals surface area contributed by atoms with E-state index in [0.29, 0.717) is 0 Å². The Kier molecular flexibility index (Phi) is 3.72. The van der Waals surface area contributed by atoms with E-state index in [1.54, 1.807) is 7.11 Å². The number of ether oxygens (including phenoxy) is 1. The van der Waals surface area contributed by atoms with E-state index in [1.165, 1.54) is 0 Å². The molecule has 3 heteroatoms. The molecule has 0 spiro atoms. The van der Waals surface area contributed by atoms with Crippen LogP contribution in [0.5, 0.6) is 0 Å². The zero-order valence-electron chi connectivity index (χ0n) is 11.3. The van der Waals surface area contributed by atoms with Crippen molar-refractivity contribution in [2.24, 2.45) is 0 Å². The summed E-state index contributed by atoms with van der Waals surface area (Å²) >= 11 is 0. The molecule has 0 N–H and O–H groups in total. The lowest BCUT2D eigenvalue weighted by molar-refractivity contribution is 0.119. The second kappa shape index (κ2) is 5.27. The Morgan fingerprint density at radius 2 is 1.72 bits per heavy atom. The van der Waals surface area contributed by atoms with E-state index in [-0.39, 0.29) is 6.10 Å². The number of hydrogen-bond acceptors (Lipinski definition) is 3.